The molecule has 0 atom stereocenters. The summed E-state index contributed by atoms with van der Waals surface area (Å²) in [7, 11) is 2.10. The molecule has 0 unspecified atom stereocenters. The number of hydrogen-bond donors (Lipinski definition) is 0. The van der Waals surface area contributed by atoms with Gasteiger partial charge in [-0.15, -0.1) is 35.0 Å². The fourth-order valence-electron chi connectivity index (χ4n) is 3.92. The van der Waals surface area contributed by atoms with Crippen molar-refractivity contribution < 1.29 is 4.74 Å². The van der Waals surface area contributed by atoms with E-state index in [-0.39, 0.29) is 24.8 Å². The van der Waals surface area contributed by atoms with Gasteiger partial charge in [-0.2, -0.15) is 0 Å². The van der Waals surface area contributed by atoms with Gasteiger partial charge in [-0.05, 0) is 37.1 Å². The summed E-state index contributed by atoms with van der Waals surface area (Å²) in [6, 6.07) is 11.3. The molecule has 3 heterocycles. The third kappa shape index (κ3) is 4.14. The smallest absolute Gasteiger partial charge is 0.151 e. The molecule has 0 bridgehead atoms. The first-order chi connectivity index (χ1) is 12.8. The molecule has 3 aliphatic rings. The maximum atomic E-state index is 5.81. The highest BCUT2D eigenvalue weighted by Gasteiger charge is 2.31. The number of ether oxygens (including phenoxy) is 1. The molecule has 0 radical (unpaired) electrons. The van der Waals surface area contributed by atoms with Crippen LogP contribution in [0.25, 0.3) is 11.3 Å². The number of piperazine rings is 1. The van der Waals surface area contributed by atoms with E-state index in [1.54, 1.807) is 0 Å². The molecule has 28 heavy (non-hydrogen) atoms. The van der Waals surface area contributed by atoms with Crippen LogP contribution in [0.2, 0.25) is 0 Å². The zero-order valence-corrected chi connectivity index (χ0v) is 17.7. The molecule has 2 fully saturated rings. The molecule has 1 aromatic carbocycles. The third-order valence-corrected chi connectivity index (χ3v) is 5.70. The predicted molar refractivity (Wildman–Crippen MR) is 118 cm³/mol. The number of nitrogens with zero attached hydrogens (tertiary/aromatic N) is 5. The van der Waals surface area contributed by atoms with E-state index in [9.17, 15) is 0 Å². The van der Waals surface area contributed by atoms with Crippen molar-refractivity contribution in [2.45, 2.75) is 18.9 Å². The average Bonchev–Trinajstić information content (AvgIpc) is 3.54. The van der Waals surface area contributed by atoms with Crippen LogP contribution < -0.4 is 14.5 Å². The van der Waals surface area contributed by atoms with E-state index in [1.807, 2.05) is 0 Å². The van der Waals surface area contributed by atoms with Crippen molar-refractivity contribution in [1.82, 2.24) is 15.1 Å². The van der Waals surface area contributed by atoms with Crippen LogP contribution in [0.5, 0.6) is 5.75 Å². The summed E-state index contributed by atoms with van der Waals surface area (Å²) >= 11 is 0. The van der Waals surface area contributed by atoms with Crippen molar-refractivity contribution in [3.05, 3.63) is 30.3 Å². The number of likely N-dealkylation sites (N-methyl/N-ethyl adjacent to an activating group) is 1. The molecule has 2 aliphatic heterocycles. The van der Waals surface area contributed by atoms with E-state index in [0.717, 1.165) is 73.9 Å². The first-order valence-corrected chi connectivity index (χ1v) is 9.59. The number of benzene rings is 1. The van der Waals surface area contributed by atoms with Gasteiger partial charge in [0.15, 0.2) is 5.82 Å². The Balaban J connectivity index is 0.00000112. The number of hydrogen-bond acceptors (Lipinski definition) is 6. The van der Waals surface area contributed by atoms with Crippen LogP contribution in [0.15, 0.2) is 30.3 Å². The Morgan fingerprint density at radius 3 is 2.39 bits per heavy atom. The predicted octanol–water partition coefficient (Wildman–Crippen LogP) is 3.10. The highest BCUT2D eigenvalue weighted by Crippen LogP contribution is 2.34. The molecule has 5 rings (SSSR count). The third-order valence-electron chi connectivity index (χ3n) is 5.70. The van der Waals surface area contributed by atoms with Crippen LogP contribution in [0.3, 0.4) is 0 Å². The van der Waals surface area contributed by atoms with E-state index in [4.69, 9.17) is 4.74 Å². The van der Waals surface area contributed by atoms with Gasteiger partial charge in [0.2, 0.25) is 0 Å². The normalized spacial score (nSPS) is 19.2. The molecule has 2 aromatic rings. The Bertz CT molecular complexity index is 792. The van der Waals surface area contributed by atoms with E-state index in [2.05, 4.69) is 62.3 Å². The van der Waals surface area contributed by atoms with Crippen molar-refractivity contribution in [2.24, 2.45) is 0 Å². The Labute approximate surface area is 178 Å². The second kappa shape index (κ2) is 8.72. The number of aromatic nitrogens is 2. The molecule has 8 heteroatoms. The SMILES string of the molecule is CN1CCOc2cc(-c3ccc(N4CCN(C5CC5)CC4)nn3)ccc21.Cl.Cl. The van der Waals surface area contributed by atoms with Crippen LogP contribution in [-0.2, 0) is 0 Å². The monoisotopic (exact) mass is 423 g/mol. The Morgan fingerprint density at radius 1 is 0.929 bits per heavy atom. The molecule has 0 amide bonds. The van der Waals surface area contributed by atoms with E-state index < -0.39 is 0 Å². The quantitative estimate of drug-likeness (QED) is 0.755. The van der Waals surface area contributed by atoms with Crippen LogP contribution in [0, 0.1) is 0 Å². The number of fused-ring (bicyclic) bond motifs is 1. The van der Waals surface area contributed by atoms with E-state index in [0.29, 0.717) is 0 Å². The minimum Gasteiger partial charge on any atom is -0.490 e. The molecule has 0 spiro atoms. The zero-order valence-electron chi connectivity index (χ0n) is 16.1. The summed E-state index contributed by atoms with van der Waals surface area (Å²) < 4.78 is 5.81. The van der Waals surface area contributed by atoms with Gasteiger partial charge in [-0.1, -0.05) is 6.07 Å². The molecule has 152 valence electrons. The average molecular weight is 424 g/mol. The van der Waals surface area contributed by atoms with Crippen molar-refractivity contribution in [1.29, 1.82) is 0 Å². The summed E-state index contributed by atoms with van der Waals surface area (Å²) in [4.78, 5) is 7.18. The van der Waals surface area contributed by atoms with Gasteiger partial charge in [-0.25, -0.2) is 0 Å². The van der Waals surface area contributed by atoms with Gasteiger partial charge in [0.25, 0.3) is 0 Å². The summed E-state index contributed by atoms with van der Waals surface area (Å²) in [5.74, 6) is 1.91. The highest BCUT2D eigenvalue weighted by molar-refractivity contribution is 5.85. The highest BCUT2D eigenvalue weighted by atomic mass is 35.5. The standard InChI is InChI=1S/C20H25N5O.2ClH/c1-23-12-13-26-19-14-15(2-6-18(19)23)17-5-7-20(22-21-17)25-10-8-24(9-11-25)16-3-4-16;;/h2,5-7,14,16H,3-4,8-13H2,1H3;2*1H. The van der Waals surface area contributed by atoms with Crippen LogP contribution in [0.4, 0.5) is 11.5 Å². The number of halogens is 2. The maximum absolute atomic E-state index is 5.81. The lowest BCUT2D eigenvalue weighted by Crippen LogP contribution is -2.47. The summed E-state index contributed by atoms with van der Waals surface area (Å²) in [5, 5.41) is 8.98. The summed E-state index contributed by atoms with van der Waals surface area (Å²) in [6.07, 6.45) is 2.77. The molecular weight excluding hydrogens is 397 g/mol. The second-order valence-corrected chi connectivity index (χ2v) is 7.48. The van der Waals surface area contributed by atoms with E-state index >= 15 is 0 Å². The lowest BCUT2D eigenvalue weighted by Gasteiger charge is -2.35. The van der Waals surface area contributed by atoms with Gasteiger partial charge < -0.3 is 14.5 Å². The molecule has 1 saturated heterocycles. The lowest BCUT2D eigenvalue weighted by molar-refractivity contribution is 0.247. The number of rotatable bonds is 3. The first-order valence-electron chi connectivity index (χ1n) is 9.59. The van der Waals surface area contributed by atoms with Gasteiger partial charge >= 0.3 is 0 Å². The molecule has 1 aliphatic carbocycles. The molecule has 1 saturated carbocycles. The van der Waals surface area contributed by atoms with E-state index in [1.165, 1.54) is 12.8 Å². The Hall–Kier alpha value is -1.76. The van der Waals surface area contributed by atoms with Crippen LogP contribution in [0.1, 0.15) is 12.8 Å². The fourth-order valence-corrected chi connectivity index (χ4v) is 3.92. The van der Waals surface area contributed by atoms with Gasteiger partial charge in [0, 0.05) is 44.8 Å². The Morgan fingerprint density at radius 2 is 1.71 bits per heavy atom. The van der Waals surface area contributed by atoms with Gasteiger partial charge in [0.1, 0.15) is 12.4 Å². The van der Waals surface area contributed by atoms with Gasteiger partial charge in [-0.3, -0.25) is 4.90 Å². The molecule has 6 nitrogen and oxygen atoms in total. The van der Waals surface area contributed by atoms with Crippen molar-refractivity contribution in [2.75, 3.05) is 56.2 Å². The van der Waals surface area contributed by atoms with Crippen LogP contribution in [-0.4, -0.2) is 67.5 Å². The minimum absolute atomic E-state index is 0. The van der Waals surface area contributed by atoms with Gasteiger partial charge in [0.05, 0.1) is 17.9 Å². The summed E-state index contributed by atoms with van der Waals surface area (Å²) in [5.41, 5.74) is 3.08. The topological polar surface area (TPSA) is 44.7 Å². The molecular formula is C20H27Cl2N5O. The van der Waals surface area contributed by atoms with Crippen LogP contribution >= 0.6 is 24.8 Å². The fraction of sp³-hybridized carbons (Fsp3) is 0.500. The molecule has 1 aromatic heterocycles. The van der Waals surface area contributed by atoms with Crippen molar-refractivity contribution >= 4 is 36.3 Å². The zero-order chi connectivity index (χ0) is 17.5. The maximum Gasteiger partial charge on any atom is 0.151 e. The minimum atomic E-state index is 0. The summed E-state index contributed by atoms with van der Waals surface area (Å²) in [6.45, 7) is 6.03. The molecule has 0 N–H and O–H groups in total. The second-order valence-electron chi connectivity index (χ2n) is 7.48. The first kappa shape index (κ1) is 21.0. The lowest BCUT2D eigenvalue weighted by atomic mass is 10.1. The van der Waals surface area contributed by atoms with Crippen molar-refractivity contribution in [3.63, 3.8) is 0 Å². The Kier molecular flexibility index (Phi) is 6.53. The van der Waals surface area contributed by atoms with Crippen molar-refractivity contribution in [3.8, 4) is 17.0 Å². The largest absolute Gasteiger partial charge is 0.490 e. The number of anilines is 2.